The summed E-state index contributed by atoms with van der Waals surface area (Å²) in [6.45, 7) is 2.22. The molecule has 110 valence electrons. The number of benzene rings is 1. The van der Waals surface area contributed by atoms with Crippen molar-refractivity contribution in [3.63, 3.8) is 0 Å². The molecule has 0 N–H and O–H groups in total. The molecule has 0 spiro atoms. The van der Waals surface area contributed by atoms with Crippen molar-refractivity contribution in [3.8, 4) is 0 Å². The Morgan fingerprint density at radius 1 is 1.00 bits per heavy atom. The molecule has 2 aliphatic rings. The van der Waals surface area contributed by atoms with Gasteiger partial charge in [0, 0.05) is 6.54 Å². The van der Waals surface area contributed by atoms with E-state index in [1.165, 1.54) is 44.2 Å². The first-order chi connectivity index (χ1) is 10.3. The molecule has 0 saturated carbocycles. The zero-order chi connectivity index (χ0) is 14.5. The van der Waals surface area contributed by atoms with Crippen LogP contribution in [0.3, 0.4) is 0 Å². The third-order valence-electron chi connectivity index (χ3n) is 4.54. The Morgan fingerprint density at radius 3 is 2.67 bits per heavy atom. The van der Waals surface area contributed by atoms with Crippen molar-refractivity contribution in [1.29, 1.82) is 0 Å². The highest BCUT2D eigenvalue weighted by Gasteiger charge is 2.17. The third-order valence-corrected chi connectivity index (χ3v) is 4.54. The minimum absolute atomic E-state index is 1.05. The fourth-order valence-corrected chi connectivity index (χ4v) is 3.40. The number of allylic oxidation sites excluding steroid dienone is 6. The van der Waals surface area contributed by atoms with Gasteiger partial charge in [0.2, 0.25) is 0 Å². The van der Waals surface area contributed by atoms with Crippen LogP contribution in [0.5, 0.6) is 0 Å². The lowest BCUT2D eigenvalue weighted by Crippen LogP contribution is -2.19. The molecule has 1 aromatic rings. The second kappa shape index (κ2) is 6.91. The number of rotatable bonds is 6. The summed E-state index contributed by atoms with van der Waals surface area (Å²) >= 11 is 0. The van der Waals surface area contributed by atoms with Gasteiger partial charge in [-0.3, -0.25) is 0 Å². The summed E-state index contributed by atoms with van der Waals surface area (Å²) in [5.74, 6) is 0. The number of nitrogens with zero attached hydrogens (tertiary/aromatic N) is 1. The maximum absolute atomic E-state index is 2.47. The molecular weight excluding hydrogens is 254 g/mol. The Bertz CT molecular complexity index is 563. The van der Waals surface area contributed by atoms with Crippen LogP contribution < -0.4 is 0 Å². The maximum atomic E-state index is 2.47. The Morgan fingerprint density at radius 2 is 1.81 bits per heavy atom. The lowest BCUT2D eigenvalue weighted by Gasteiger charge is -2.18. The van der Waals surface area contributed by atoms with Gasteiger partial charge < -0.3 is 4.90 Å². The molecule has 21 heavy (non-hydrogen) atoms. The Hall–Kier alpha value is -1.60. The summed E-state index contributed by atoms with van der Waals surface area (Å²) in [4.78, 5) is 2.43. The third kappa shape index (κ3) is 3.74. The van der Waals surface area contributed by atoms with Gasteiger partial charge in [-0.05, 0) is 62.4 Å². The highest BCUT2D eigenvalue weighted by atomic mass is 15.1. The molecule has 0 atom stereocenters. The second-order valence-corrected chi connectivity index (χ2v) is 6.22. The Kier molecular flexibility index (Phi) is 4.72. The van der Waals surface area contributed by atoms with Crippen LogP contribution in [0.2, 0.25) is 0 Å². The molecule has 0 bridgehead atoms. The van der Waals surface area contributed by atoms with Gasteiger partial charge in [0.05, 0.1) is 0 Å². The van der Waals surface area contributed by atoms with Gasteiger partial charge in [0.1, 0.15) is 0 Å². The maximum Gasteiger partial charge on any atom is 0.0230 e. The van der Waals surface area contributed by atoms with Gasteiger partial charge in [-0.25, -0.2) is 0 Å². The van der Waals surface area contributed by atoms with Crippen LogP contribution in [0, 0.1) is 0 Å². The molecule has 3 rings (SSSR count). The highest BCUT2D eigenvalue weighted by Crippen LogP contribution is 2.36. The van der Waals surface area contributed by atoms with E-state index in [0.717, 1.165) is 6.54 Å². The fraction of sp³-hybridized carbons (Fsp3) is 0.400. The molecule has 0 saturated heterocycles. The van der Waals surface area contributed by atoms with Crippen LogP contribution in [0.25, 0.3) is 0 Å². The van der Waals surface area contributed by atoms with E-state index in [2.05, 4.69) is 60.5 Å². The fourth-order valence-electron chi connectivity index (χ4n) is 3.40. The lowest BCUT2D eigenvalue weighted by molar-refractivity contribution is 0.322. The van der Waals surface area contributed by atoms with Crippen molar-refractivity contribution in [1.82, 2.24) is 4.90 Å². The lowest BCUT2D eigenvalue weighted by atomic mass is 9.94. The summed E-state index contributed by atoms with van der Waals surface area (Å²) in [6, 6.07) is 10.7. The predicted molar refractivity (Wildman–Crippen MR) is 90.1 cm³/mol. The summed E-state index contributed by atoms with van der Waals surface area (Å²) in [6.07, 6.45) is 13.2. The molecule has 1 aromatic carbocycles. The van der Waals surface area contributed by atoms with E-state index in [9.17, 15) is 0 Å². The highest BCUT2D eigenvalue weighted by molar-refractivity contribution is 5.46. The predicted octanol–water partition coefficient (Wildman–Crippen LogP) is 4.88. The van der Waals surface area contributed by atoms with Gasteiger partial charge >= 0.3 is 0 Å². The zero-order valence-electron chi connectivity index (χ0n) is 13.0. The Labute approximate surface area is 128 Å². The van der Waals surface area contributed by atoms with Crippen LogP contribution in [-0.2, 0) is 6.54 Å². The van der Waals surface area contributed by atoms with E-state index in [1.54, 1.807) is 16.7 Å². The summed E-state index contributed by atoms with van der Waals surface area (Å²) in [5.41, 5.74) is 6.36. The van der Waals surface area contributed by atoms with Crippen LogP contribution in [-0.4, -0.2) is 18.5 Å². The van der Waals surface area contributed by atoms with Crippen molar-refractivity contribution >= 4 is 0 Å². The minimum Gasteiger partial charge on any atom is -0.302 e. The van der Waals surface area contributed by atoms with E-state index in [0.29, 0.717) is 0 Å². The quantitative estimate of drug-likeness (QED) is 0.671. The van der Waals surface area contributed by atoms with Gasteiger partial charge in [0.15, 0.2) is 0 Å². The molecule has 0 heterocycles. The van der Waals surface area contributed by atoms with E-state index >= 15 is 0 Å². The zero-order valence-corrected chi connectivity index (χ0v) is 13.0. The van der Waals surface area contributed by atoms with Gasteiger partial charge in [-0.2, -0.15) is 0 Å². The van der Waals surface area contributed by atoms with Crippen LogP contribution >= 0.6 is 0 Å². The SMILES string of the molecule is CN(CCCC1=CCC2=C1CC=CC2)Cc1ccccc1. The minimum atomic E-state index is 1.05. The molecule has 0 radical (unpaired) electrons. The van der Waals surface area contributed by atoms with Crippen molar-refractivity contribution in [2.24, 2.45) is 0 Å². The topological polar surface area (TPSA) is 3.24 Å². The average Bonchev–Trinajstić information content (AvgIpc) is 2.92. The molecule has 0 amide bonds. The van der Waals surface area contributed by atoms with Crippen LogP contribution in [0.4, 0.5) is 0 Å². The van der Waals surface area contributed by atoms with Gasteiger partial charge in [-0.15, -0.1) is 0 Å². The number of hydrogen-bond acceptors (Lipinski definition) is 1. The number of hydrogen-bond donors (Lipinski definition) is 0. The van der Waals surface area contributed by atoms with E-state index in [-0.39, 0.29) is 0 Å². The van der Waals surface area contributed by atoms with E-state index < -0.39 is 0 Å². The first-order valence-corrected chi connectivity index (χ1v) is 8.10. The summed E-state index contributed by atoms with van der Waals surface area (Å²) in [7, 11) is 2.23. The van der Waals surface area contributed by atoms with Gasteiger partial charge in [0.25, 0.3) is 0 Å². The molecule has 0 aromatic heterocycles. The molecule has 0 unspecified atom stereocenters. The first kappa shape index (κ1) is 14.3. The second-order valence-electron chi connectivity index (χ2n) is 6.22. The van der Waals surface area contributed by atoms with Crippen molar-refractivity contribution in [3.05, 3.63) is 70.8 Å². The molecule has 0 fully saturated rings. The largest absolute Gasteiger partial charge is 0.302 e. The molecular formula is C20H25N. The molecule has 2 aliphatic carbocycles. The van der Waals surface area contributed by atoms with Crippen molar-refractivity contribution in [2.75, 3.05) is 13.6 Å². The summed E-state index contributed by atoms with van der Waals surface area (Å²) < 4.78 is 0. The van der Waals surface area contributed by atoms with E-state index in [4.69, 9.17) is 0 Å². The smallest absolute Gasteiger partial charge is 0.0230 e. The van der Waals surface area contributed by atoms with Crippen molar-refractivity contribution < 1.29 is 0 Å². The standard InChI is InChI=1S/C20H25N/c1-21(16-17-8-3-2-4-9-17)15-7-11-19-14-13-18-10-5-6-12-20(18)19/h2-6,8-9,14H,7,10-13,15-16H2,1H3. The molecule has 0 aliphatic heterocycles. The van der Waals surface area contributed by atoms with Crippen LogP contribution in [0.15, 0.2) is 65.3 Å². The van der Waals surface area contributed by atoms with E-state index in [1.807, 2.05) is 0 Å². The summed E-state index contributed by atoms with van der Waals surface area (Å²) in [5, 5.41) is 0. The normalized spacial score (nSPS) is 17.3. The molecule has 1 nitrogen and oxygen atoms in total. The average molecular weight is 279 g/mol. The first-order valence-electron chi connectivity index (χ1n) is 8.10. The molecule has 1 heteroatoms. The van der Waals surface area contributed by atoms with Gasteiger partial charge in [-0.1, -0.05) is 54.1 Å². The Balaban J connectivity index is 1.43. The van der Waals surface area contributed by atoms with Crippen molar-refractivity contribution in [2.45, 2.75) is 38.6 Å². The monoisotopic (exact) mass is 279 g/mol. The van der Waals surface area contributed by atoms with Crippen LogP contribution in [0.1, 0.15) is 37.7 Å².